The molecule has 1 atom stereocenters. The fraction of sp³-hybridized carbons (Fsp3) is 0.606. The molecule has 6 rings (SSSR count). The van der Waals surface area contributed by atoms with Gasteiger partial charge in [0.05, 0.1) is 22.8 Å². The molecule has 0 unspecified atom stereocenters. The van der Waals surface area contributed by atoms with Crippen LogP contribution in [0.3, 0.4) is 0 Å². The Bertz CT molecular complexity index is 1530. The van der Waals surface area contributed by atoms with E-state index in [1.54, 1.807) is 21.1 Å². The summed E-state index contributed by atoms with van der Waals surface area (Å²) >= 11 is 7.55. The standard InChI is InChI=1S/C33H42ClF3N6O5S/c1-39-8-2-9-40(15-14-39)22-3-10-41(11-4-22)30(45)27(19-21-17-24(33(35,36)37)29(44)25(34)18-21)48-32(47)42-12-5-23(6-13-42)43-20-28-26(7-16-49-28)38-31(43)46/h7,16-18,22-23,27,44H,2-6,8-15,19-20H2,1H3,(H,38,46)/t27-/m1/s1. The van der Waals surface area contributed by atoms with Crippen LogP contribution in [0, 0.1) is 0 Å². The second kappa shape index (κ2) is 14.9. The first-order valence-electron chi connectivity index (χ1n) is 16.8. The van der Waals surface area contributed by atoms with Crippen LogP contribution < -0.4 is 5.32 Å². The van der Waals surface area contributed by atoms with Crippen molar-refractivity contribution in [1.82, 2.24) is 24.5 Å². The Morgan fingerprint density at radius 3 is 2.43 bits per heavy atom. The van der Waals surface area contributed by atoms with Crippen LogP contribution in [0.25, 0.3) is 0 Å². The third-order valence-corrected chi connectivity index (χ3v) is 11.3. The van der Waals surface area contributed by atoms with Crippen molar-refractivity contribution in [1.29, 1.82) is 0 Å². The highest BCUT2D eigenvalue weighted by Gasteiger charge is 2.39. The summed E-state index contributed by atoms with van der Waals surface area (Å²) in [6.45, 7) is 5.88. The summed E-state index contributed by atoms with van der Waals surface area (Å²) in [5.41, 5.74) is -0.498. The van der Waals surface area contributed by atoms with E-state index in [2.05, 4.69) is 22.2 Å². The maximum absolute atomic E-state index is 14.0. The van der Waals surface area contributed by atoms with Crippen LogP contribution >= 0.6 is 22.9 Å². The van der Waals surface area contributed by atoms with Crippen molar-refractivity contribution in [3.05, 3.63) is 44.6 Å². The van der Waals surface area contributed by atoms with E-state index in [1.165, 1.54) is 4.90 Å². The number of carbonyl (C=O) groups excluding carboxylic acids is 3. The molecule has 16 heteroatoms. The molecule has 268 valence electrons. The summed E-state index contributed by atoms with van der Waals surface area (Å²) in [6.07, 6.45) is -3.82. The molecule has 11 nitrogen and oxygen atoms in total. The summed E-state index contributed by atoms with van der Waals surface area (Å²) in [5, 5.41) is 14.3. The fourth-order valence-electron chi connectivity index (χ4n) is 7.31. The number of nitrogens with zero attached hydrogens (tertiary/aromatic N) is 5. The molecular weight excluding hydrogens is 685 g/mol. The maximum Gasteiger partial charge on any atom is 0.420 e. The van der Waals surface area contributed by atoms with Gasteiger partial charge in [0.15, 0.2) is 6.10 Å². The average Bonchev–Trinajstić information content (AvgIpc) is 3.42. The first-order valence-corrected chi connectivity index (χ1v) is 18.0. The number of nitrogens with one attached hydrogen (secondary N) is 1. The molecule has 3 fully saturated rings. The van der Waals surface area contributed by atoms with Crippen molar-refractivity contribution in [3.63, 3.8) is 0 Å². The molecule has 0 bridgehead atoms. The van der Waals surface area contributed by atoms with Crippen LogP contribution in [-0.4, -0.2) is 125 Å². The number of likely N-dealkylation sites (tertiary alicyclic amines) is 2. The van der Waals surface area contributed by atoms with E-state index in [0.29, 0.717) is 38.5 Å². The number of hydrogen-bond donors (Lipinski definition) is 2. The minimum absolute atomic E-state index is 0.00705. The first-order chi connectivity index (χ1) is 23.4. The molecule has 0 saturated carbocycles. The zero-order chi connectivity index (χ0) is 34.9. The number of hydrogen-bond acceptors (Lipinski definition) is 8. The fourth-order valence-corrected chi connectivity index (χ4v) is 8.38. The molecule has 3 saturated heterocycles. The van der Waals surface area contributed by atoms with Crippen molar-refractivity contribution in [2.45, 2.75) is 69.4 Å². The monoisotopic (exact) mass is 726 g/mol. The Hall–Kier alpha value is -3.27. The van der Waals surface area contributed by atoms with E-state index >= 15 is 0 Å². The Morgan fingerprint density at radius 1 is 1.02 bits per heavy atom. The minimum Gasteiger partial charge on any atom is -0.506 e. The van der Waals surface area contributed by atoms with E-state index in [0.717, 1.165) is 68.1 Å². The highest BCUT2D eigenvalue weighted by molar-refractivity contribution is 7.10. The van der Waals surface area contributed by atoms with Gasteiger partial charge < -0.3 is 34.8 Å². The van der Waals surface area contributed by atoms with Gasteiger partial charge in [0.25, 0.3) is 5.91 Å². The lowest BCUT2D eigenvalue weighted by Crippen LogP contribution is -2.53. The van der Waals surface area contributed by atoms with Gasteiger partial charge in [-0.1, -0.05) is 11.6 Å². The summed E-state index contributed by atoms with van der Waals surface area (Å²) < 4.78 is 47.0. The number of likely N-dealkylation sites (N-methyl/N-ethyl adjacent to an activating group) is 1. The van der Waals surface area contributed by atoms with Gasteiger partial charge >= 0.3 is 18.3 Å². The molecule has 0 radical (unpaired) electrons. The highest BCUT2D eigenvalue weighted by atomic mass is 35.5. The normalized spacial score (nSPS) is 21.2. The number of amides is 4. The lowest BCUT2D eigenvalue weighted by Gasteiger charge is -2.40. The van der Waals surface area contributed by atoms with Crippen LogP contribution in [0.2, 0.25) is 5.02 Å². The number of rotatable bonds is 6. The molecule has 4 aliphatic rings. The molecule has 4 amide bonds. The first kappa shape index (κ1) is 35.6. The second-order valence-electron chi connectivity index (χ2n) is 13.3. The van der Waals surface area contributed by atoms with E-state index in [1.807, 2.05) is 11.4 Å². The number of anilines is 1. The smallest absolute Gasteiger partial charge is 0.420 e. The number of halogens is 4. The Kier molecular flexibility index (Phi) is 10.8. The van der Waals surface area contributed by atoms with E-state index in [9.17, 15) is 32.7 Å². The lowest BCUT2D eigenvalue weighted by molar-refractivity contribution is -0.142. The number of piperidine rings is 2. The number of phenolic OH excluding ortho intramolecular Hbond substituents is 1. The van der Waals surface area contributed by atoms with Gasteiger partial charge in [-0.05, 0) is 81.4 Å². The number of phenols is 1. The number of carbonyl (C=O) groups is 3. The van der Waals surface area contributed by atoms with Crippen LogP contribution in [0.5, 0.6) is 5.75 Å². The number of urea groups is 1. The SMILES string of the molecule is CN1CCCN(C2CCN(C(=O)[C@@H](Cc3cc(Cl)c(O)c(C(F)(F)F)c3)OC(=O)N3CCC(N4Cc5sccc5NC4=O)CC3)CC2)CC1. The van der Waals surface area contributed by atoms with Gasteiger partial charge in [0.2, 0.25) is 0 Å². The van der Waals surface area contributed by atoms with Crippen molar-refractivity contribution in [3.8, 4) is 5.75 Å². The quantitative estimate of drug-likeness (QED) is 0.416. The van der Waals surface area contributed by atoms with Gasteiger partial charge in [0.1, 0.15) is 5.75 Å². The van der Waals surface area contributed by atoms with Gasteiger partial charge in [-0.3, -0.25) is 9.69 Å². The molecule has 0 spiro atoms. The van der Waals surface area contributed by atoms with E-state index in [-0.39, 0.29) is 37.1 Å². The molecule has 0 aliphatic carbocycles. The number of benzene rings is 1. The Morgan fingerprint density at radius 2 is 1.71 bits per heavy atom. The molecule has 2 N–H and O–H groups in total. The second-order valence-corrected chi connectivity index (χ2v) is 14.7. The third-order valence-electron chi connectivity index (χ3n) is 10.1. The predicted octanol–water partition coefficient (Wildman–Crippen LogP) is 5.31. The largest absolute Gasteiger partial charge is 0.506 e. The number of ether oxygens (including phenoxy) is 1. The molecule has 49 heavy (non-hydrogen) atoms. The van der Waals surface area contributed by atoms with Crippen LogP contribution in [-0.2, 0) is 28.7 Å². The van der Waals surface area contributed by atoms with Crippen LogP contribution in [0.4, 0.5) is 28.4 Å². The van der Waals surface area contributed by atoms with E-state index in [4.69, 9.17) is 16.3 Å². The zero-order valence-corrected chi connectivity index (χ0v) is 29.0. The summed E-state index contributed by atoms with van der Waals surface area (Å²) in [5.74, 6) is -1.58. The summed E-state index contributed by atoms with van der Waals surface area (Å²) in [6, 6.07) is 3.82. The molecule has 5 heterocycles. The topological polar surface area (TPSA) is 109 Å². The van der Waals surface area contributed by atoms with Crippen LogP contribution in [0.1, 0.15) is 48.1 Å². The van der Waals surface area contributed by atoms with Crippen molar-refractivity contribution < 1.29 is 37.4 Å². The van der Waals surface area contributed by atoms with E-state index < -0.39 is 40.6 Å². The predicted molar refractivity (Wildman–Crippen MR) is 179 cm³/mol. The molecule has 1 aromatic heterocycles. The van der Waals surface area contributed by atoms with Crippen LogP contribution in [0.15, 0.2) is 23.6 Å². The van der Waals surface area contributed by atoms with Crippen molar-refractivity contribution >= 4 is 46.7 Å². The van der Waals surface area contributed by atoms with Gasteiger partial charge in [0, 0.05) is 62.7 Å². The third kappa shape index (κ3) is 8.21. The summed E-state index contributed by atoms with van der Waals surface area (Å²) in [7, 11) is 2.11. The molecular formula is C33H42ClF3N6O5S. The van der Waals surface area contributed by atoms with Gasteiger partial charge in [-0.25, -0.2) is 9.59 Å². The van der Waals surface area contributed by atoms with Gasteiger partial charge in [-0.15, -0.1) is 11.3 Å². The number of alkyl halides is 3. The molecule has 1 aromatic carbocycles. The summed E-state index contributed by atoms with van der Waals surface area (Å²) in [4.78, 5) is 51.0. The molecule has 4 aliphatic heterocycles. The van der Waals surface area contributed by atoms with Crippen molar-refractivity contribution in [2.75, 3.05) is 64.7 Å². The maximum atomic E-state index is 14.0. The number of aromatic hydroxyl groups is 1. The van der Waals surface area contributed by atoms with Gasteiger partial charge in [-0.2, -0.15) is 13.2 Å². The molecule has 2 aromatic rings. The Labute approximate surface area is 292 Å². The lowest BCUT2D eigenvalue weighted by atomic mass is 10.00. The highest BCUT2D eigenvalue weighted by Crippen LogP contribution is 2.41. The van der Waals surface area contributed by atoms with Crippen molar-refractivity contribution in [2.24, 2.45) is 0 Å². The average molecular weight is 727 g/mol. The zero-order valence-electron chi connectivity index (χ0n) is 27.4. The minimum atomic E-state index is -4.88. The number of thiophene rings is 1. The number of fused-ring (bicyclic) bond motifs is 1. The Balaban J connectivity index is 1.13.